The van der Waals surface area contributed by atoms with E-state index < -0.39 is 6.04 Å². The van der Waals surface area contributed by atoms with Gasteiger partial charge in [0.1, 0.15) is 6.04 Å². The molecular formula is C24H28Cl2N2O2. The van der Waals surface area contributed by atoms with Crippen molar-refractivity contribution in [3.63, 3.8) is 0 Å². The van der Waals surface area contributed by atoms with Crippen LogP contribution in [0, 0.1) is 0 Å². The zero-order valence-electron chi connectivity index (χ0n) is 17.2. The summed E-state index contributed by atoms with van der Waals surface area (Å²) < 4.78 is 0. The highest BCUT2D eigenvalue weighted by Gasteiger charge is 2.28. The molecule has 0 radical (unpaired) electrons. The molecule has 0 bridgehead atoms. The van der Waals surface area contributed by atoms with Gasteiger partial charge in [0, 0.05) is 22.6 Å². The first-order valence-corrected chi connectivity index (χ1v) is 11.3. The van der Waals surface area contributed by atoms with E-state index in [1.807, 2.05) is 30.3 Å². The molecule has 0 heterocycles. The van der Waals surface area contributed by atoms with Crippen molar-refractivity contribution in [2.75, 3.05) is 0 Å². The third-order valence-corrected chi connectivity index (χ3v) is 6.41. The van der Waals surface area contributed by atoms with E-state index in [4.69, 9.17) is 23.2 Å². The van der Waals surface area contributed by atoms with Gasteiger partial charge < -0.3 is 10.2 Å². The molecule has 2 aromatic rings. The highest BCUT2D eigenvalue weighted by molar-refractivity contribution is 6.36. The lowest BCUT2D eigenvalue weighted by atomic mass is 9.95. The van der Waals surface area contributed by atoms with Crippen LogP contribution in [0.15, 0.2) is 48.5 Å². The topological polar surface area (TPSA) is 49.4 Å². The third-order valence-electron chi connectivity index (χ3n) is 5.70. The third kappa shape index (κ3) is 5.99. The second-order valence-corrected chi connectivity index (χ2v) is 8.72. The van der Waals surface area contributed by atoms with Crippen molar-refractivity contribution in [3.05, 3.63) is 69.7 Å². The summed E-state index contributed by atoms with van der Waals surface area (Å²) in [5, 5.41) is 4.05. The molecular weight excluding hydrogens is 419 g/mol. The lowest BCUT2D eigenvalue weighted by molar-refractivity contribution is -0.140. The molecule has 1 N–H and O–H groups in total. The van der Waals surface area contributed by atoms with Gasteiger partial charge in [-0.3, -0.25) is 9.59 Å². The van der Waals surface area contributed by atoms with E-state index >= 15 is 0 Å². The smallest absolute Gasteiger partial charge is 0.242 e. The summed E-state index contributed by atoms with van der Waals surface area (Å²) in [6.45, 7) is 2.13. The van der Waals surface area contributed by atoms with E-state index in [1.54, 1.807) is 30.0 Å². The predicted octanol–water partition coefficient (Wildman–Crippen LogP) is 5.40. The molecule has 2 amide bonds. The van der Waals surface area contributed by atoms with Crippen molar-refractivity contribution in [2.45, 2.75) is 64.1 Å². The van der Waals surface area contributed by atoms with Crippen LogP contribution >= 0.6 is 23.2 Å². The number of carbonyl (C=O) groups excluding carboxylic acids is 2. The first kappa shape index (κ1) is 22.6. The number of rotatable bonds is 7. The van der Waals surface area contributed by atoms with Crippen LogP contribution < -0.4 is 5.32 Å². The standard InChI is InChI=1S/C24H28Cl2N2O2/c1-17(24(30)27-19-11-6-3-7-12-19)28(16-18-9-4-2-5-10-18)23(29)15-20-21(25)13-8-14-22(20)26/h2,4-5,8-10,13-14,17,19H,3,6-7,11-12,15-16H2,1H3,(H,27,30). The van der Waals surface area contributed by atoms with E-state index in [0.29, 0.717) is 22.2 Å². The zero-order chi connectivity index (χ0) is 21.5. The summed E-state index contributed by atoms with van der Waals surface area (Å²) in [6.07, 6.45) is 5.54. The van der Waals surface area contributed by atoms with Crippen LogP contribution in [-0.4, -0.2) is 28.8 Å². The van der Waals surface area contributed by atoms with Crippen LogP contribution in [0.3, 0.4) is 0 Å². The van der Waals surface area contributed by atoms with Crippen molar-refractivity contribution >= 4 is 35.0 Å². The molecule has 4 nitrogen and oxygen atoms in total. The maximum atomic E-state index is 13.3. The van der Waals surface area contributed by atoms with Crippen molar-refractivity contribution in [2.24, 2.45) is 0 Å². The first-order chi connectivity index (χ1) is 14.5. The summed E-state index contributed by atoms with van der Waals surface area (Å²) in [4.78, 5) is 27.9. The highest BCUT2D eigenvalue weighted by Crippen LogP contribution is 2.26. The maximum absolute atomic E-state index is 13.3. The Bertz CT molecular complexity index is 847. The molecule has 0 spiro atoms. The van der Waals surface area contributed by atoms with Gasteiger partial charge in [0.2, 0.25) is 11.8 Å². The van der Waals surface area contributed by atoms with Gasteiger partial charge in [-0.25, -0.2) is 0 Å². The Kier molecular flexibility index (Phi) is 8.17. The van der Waals surface area contributed by atoms with Crippen LogP contribution in [0.1, 0.15) is 50.2 Å². The number of benzene rings is 2. The fraction of sp³-hybridized carbons (Fsp3) is 0.417. The van der Waals surface area contributed by atoms with Gasteiger partial charge in [0.25, 0.3) is 0 Å². The number of nitrogens with one attached hydrogen (secondary N) is 1. The minimum absolute atomic E-state index is 0.0480. The zero-order valence-corrected chi connectivity index (χ0v) is 18.8. The van der Waals surface area contributed by atoms with Gasteiger partial charge in [-0.15, -0.1) is 0 Å². The van der Waals surface area contributed by atoms with Crippen LogP contribution in [0.25, 0.3) is 0 Å². The molecule has 1 aliphatic rings. The monoisotopic (exact) mass is 446 g/mol. The Labute approximate surface area is 188 Å². The van der Waals surface area contributed by atoms with Crippen molar-refractivity contribution < 1.29 is 9.59 Å². The number of hydrogen-bond donors (Lipinski definition) is 1. The molecule has 3 rings (SSSR count). The van der Waals surface area contributed by atoms with Gasteiger partial charge in [-0.2, -0.15) is 0 Å². The molecule has 1 saturated carbocycles. The first-order valence-electron chi connectivity index (χ1n) is 10.5. The molecule has 6 heteroatoms. The van der Waals surface area contributed by atoms with Crippen LogP contribution in [0.5, 0.6) is 0 Å². The Morgan fingerprint density at radius 1 is 1.00 bits per heavy atom. The number of nitrogens with zero attached hydrogens (tertiary/aromatic N) is 1. The summed E-state index contributed by atoms with van der Waals surface area (Å²) in [6, 6.07) is 14.5. The molecule has 1 unspecified atom stereocenters. The molecule has 0 aliphatic heterocycles. The molecule has 0 aromatic heterocycles. The Morgan fingerprint density at radius 3 is 2.27 bits per heavy atom. The minimum Gasteiger partial charge on any atom is -0.352 e. The molecule has 1 fully saturated rings. The lowest BCUT2D eigenvalue weighted by Gasteiger charge is -2.31. The second-order valence-electron chi connectivity index (χ2n) is 7.90. The van der Waals surface area contributed by atoms with Gasteiger partial charge >= 0.3 is 0 Å². The predicted molar refractivity (Wildman–Crippen MR) is 122 cm³/mol. The van der Waals surface area contributed by atoms with E-state index in [9.17, 15) is 9.59 Å². The average molecular weight is 447 g/mol. The minimum atomic E-state index is -0.596. The molecule has 0 saturated heterocycles. The summed E-state index contributed by atoms with van der Waals surface area (Å²) in [5.74, 6) is -0.295. The van der Waals surface area contributed by atoms with Gasteiger partial charge in [-0.1, -0.05) is 78.9 Å². The largest absolute Gasteiger partial charge is 0.352 e. The number of hydrogen-bond acceptors (Lipinski definition) is 2. The highest BCUT2D eigenvalue weighted by atomic mass is 35.5. The van der Waals surface area contributed by atoms with Crippen molar-refractivity contribution in [1.29, 1.82) is 0 Å². The van der Waals surface area contributed by atoms with E-state index in [1.165, 1.54) is 6.42 Å². The number of halogens is 2. The number of carbonyl (C=O) groups is 2. The van der Waals surface area contributed by atoms with Crippen molar-refractivity contribution in [3.8, 4) is 0 Å². The Balaban J connectivity index is 1.78. The van der Waals surface area contributed by atoms with Gasteiger partial charge in [-0.05, 0) is 43.0 Å². The summed E-state index contributed by atoms with van der Waals surface area (Å²) >= 11 is 12.5. The average Bonchev–Trinajstić information content (AvgIpc) is 2.75. The van der Waals surface area contributed by atoms with Crippen LogP contribution in [0.2, 0.25) is 10.0 Å². The maximum Gasteiger partial charge on any atom is 0.242 e. The molecule has 30 heavy (non-hydrogen) atoms. The fourth-order valence-corrected chi connectivity index (χ4v) is 4.42. The molecule has 160 valence electrons. The van der Waals surface area contributed by atoms with E-state index in [0.717, 1.165) is 31.2 Å². The van der Waals surface area contributed by atoms with E-state index in [2.05, 4.69) is 5.32 Å². The molecule has 1 atom stereocenters. The van der Waals surface area contributed by atoms with Crippen LogP contribution in [0.4, 0.5) is 0 Å². The molecule has 1 aliphatic carbocycles. The van der Waals surface area contributed by atoms with Crippen LogP contribution in [-0.2, 0) is 22.6 Å². The summed E-state index contributed by atoms with van der Waals surface area (Å²) in [5.41, 5.74) is 1.55. The Morgan fingerprint density at radius 2 is 1.63 bits per heavy atom. The quantitative estimate of drug-likeness (QED) is 0.618. The second kappa shape index (κ2) is 10.8. The van der Waals surface area contributed by atoms with Gasteiger partial charge in [0.05, 0.1) is 6.42 Å². The van der Waals surface area contributed by atoms with Gasteiger partial charge in [0.15, 0.2) is 0 Å². The SMILES string of the molecule is CC(C(=O)NC1CCCCC1)N(Cc1ccccc1)C(=O)Cc1c(Cl)cccc1Cl. The fourth-order valence-electron chi connectivity index (χ4n) is 3.89. The van der Waals surface area contributed by atoms with Crippen molar-refractivity contribution in [1.82, 2.24) is 10.2 Å². The number of amides is 2. The molecule has 2 aromatic carbocycles. The summed E-state index contributed by atoms with van der Waals surface area (Å²) in [7, 11) is 0. The Hall–Kier alpha value is -2.04. The van der Waals surface area contributed by atoms with E-state index in [-0.39, 0.29) is 24.3 Å². The normalized spacial score (nSPS) is 15.4. The lowest BCUT2D eigenvalue weighted by Crippen LogP contribution is -2.50.